The predicted molar refractivity (Wildman–Crippen MR) is 109 cm³/mol. The van der Waals surface area contributed by atoms with Crippen LogP contribution in [-0.2, 0) is 14.3 Å². The quantitative estimate of drug-likeness (QED) is 0.440. The van der Waals surface area contributed by atoms with Crippen molar-refractivity contribution >= 4 is 35.5 Å². The van der Waals surface area contributed by atoms with Gasteiger partial charge in [0.05, 0.1) is 17.2 Å². The number of amides is 2. The van der Waals surface area contributed by atoms with E-state index in [0.717, 1.165) is 0 Å². The Labute approximate surface area is 177 Å². The fourth-order valence-electron chi connectivity index (χ4n) is 2.85. The number of carbonyl (C=O) groups excluding carboxylic acids is 3. The van der Waals surface area contributed by atoms with Crippen molar-refractivity contribution in [3.05, 3.63) is 63.4 Å². The van der Waals surface area contributed by atoms with Crippen LogP contribution < -0.4 is 5.32 Å². The smallest absolute Gasteiger partial charge is 0.339 e. The van der Waals surface area contributed by atoms with Gasteiger partial charge in [0.2, 0.25) is 0 Å². The first-order valence-corrected chi connectivity index (χ1v) is 9.49. The third-order valence-electron chi connectivity index (χ3n) is 4.41. The van der Waals surface area contributed by atoms with Gasteiger partial charge in [0.15, 0.2) is 0 Å². The molecule has 2 heterocycles. The zero-order chi connectivity index (χ0) is 21.8. The molecule has 0 spiro atoms. The highest BCUT2D eigenvalue weighted by Gasteiger charge is 2.27. The molecule has 1 aliphatic rings. The zero-order valence-electron chi connectivity index (χ0n) is 16.2. The van der Waals surface area contributed by atoms with E-state index in [1.807, 2.05) is 6.92 Å². The Kier molecular flexibility index (Phi) is 6.19. The summed E-state index contributed by atoms with van der Waals surface area (Å²) in [5.41, 5.74) is 1.13. The number of ether oxygens (including phenoxy) is 1. The molecule has 1 aliphatic heterocycles. The minimum atomic E-state index is -0.721. The molecule has 152 valence electrons. The van der Waals surface area contributed by atoms with Gasteiger partial charge in [-0.15, -0.1) is 0 Å². The molecular formula is C22H17ClN2O5. The summed E-state index contributed by atoms with van der Waals surface area (Å²) in [7, 11) is 0. The van der Waals surface area contributed by atoms with Crippen LogP contribution in [0.5, 0.6) is 0 Å². The number of furan rings is 1. The van der Waals surface area contributed by atoms with Gasteiger partial charge in [0, 0.05) is 11.1 Å². The fraction of sp³-hybridized carbons (Fsp3) is 0.182. The van der Waals surface area contributed by atoms with E-state index in [4.69, 9.17) is 26.0 Å². The summed E-state index contributed by atoms with van der Waals surface area (Å²) in [4.78, 5) is 36.0. The SMILES string of the molecule is CCCOC(=O)c1cc(-c2ccc(C=C3C(=O)NC(=O)C(C#N)=C3C)o2)ccc1Cl. The lowest BCUT2D eigenvalue weighted by Crippen LogP contribution is -2.37. The molecule has 0 aliphatic carbocycles. The van der Waals surface area contributed by atoms with Crippen molar-refractivity contribution < 1.29 is 23.5 Å². The van der Waals surface area contributed by atoms with Crippen LogP contribution >= 0.6 is 11.6 Å². The molecule has 0 atom stereocenters. The second-order valence-corrected chi connectivity index (χ2v) is 6.89. The van der Waals surface area contributed by atoms with Crippen molar-refractivity contribution in [1.82, 2.24) is 5.32 Å². The molecule has 0 fully saturated rings. The van der Waals surface area contributed by atoms with Crippen LogP contribution in [0.2, 0.25) is 5.02 Å². The minimum absolute atomic E-state index is 0.124. The summed E-state index contributed by atoms with van der Waals surface area (Å²) < 4.78 is 10.9. The number of carbonyl (C=O) groups is 3. The third kappa shape index (κ3) is 4.19. The molecule has 8 heteroatoms. The topological polar surface area (TPSA) is 109 Å². The number of benzene rings is 1. The first kappa shape index (κ1) is 21.1. The first-order chi connectivity index (χ1) is 14.3. The molecule has 1 aromatic heterocycles. The van der Waals surface area contributed by atoms with E-state index in [0.29, 0.717) is 30.1 Å². The molecular weight excluding hydrogens is 408 g/mol. The third-order valence-corrected chi connectivity index (χ3v) is 4.74. The summed E-state index contributed by atoms with van der Waals surface area (Å²) in [6.45, 7) is 3.71. The number of hydrogen-bond acceptors (Lipinski definition) is 6. The maximum Gasteiger partial charge on any atom is 0.339 e. The van der Waals surface area contributed by atoms with Gasteiger partial charge in [-0.25, -0.2) is 4.79 Å². The van der Waals surface area contributed by atoms with Crippen LogP contribution in [-0.4, -0.2) is 24.4 Å². The van der Waals surface area contributed by atoms with Gasteiger partial charge in [-0.3, -0.25) is 14.9 Å². The Balaban J connectivity index is 1.94. The number of rotatable bonds is 5. The fourth-order valence-corrected chi connectivity index (χ4v) is 3.05. The molecule has 7 nitrogen and oxygen atoms in total. The average molecular weight is 425 g/mol. The van der Waals surface area contributed by atoms with E-state index in [2.05, 4.69) is 5.32 Å². The van der Waals surface area contributed by atoms with Gasteiger partial charge >= 0.3 is 5.97 Å². The van der Waals surface area contributed by atoms with E-state index in [1.165, 1.54) is 13.0 Å². The molecule has 2 aromatic rings. The van der Waals surface area contributed by atoms with Crippen molar-refractivity contribution in [2.24, 2.45) is 0 Å². The summed E-state index contributed by atoms with van der Waals surface area (Å²) in [5, 5.41) is 11.5. The van der Waals surface area contributed by atoms with Crippen molar-refractivity contribution in [2.45, 2.75) is 20.3 Å². The normalized spacial score (nSPS) is 15.2. The van der Waals surface area contributed by atoms with E-state index in [9.17, 15) is 14.4 Å². The molecule has 0 saturated carbocycles. The van der Waals surface area contributed by atoms with E-state index < -0.39 is 17.8 Å². The van der Waals surface area contributed by atoms with Gasteiger partial charge in [-0.1, -0.05) is 18.5 Å². The van der Waals surface area contributed by atoms with Crippen LogP contribution in [0.25, 0.3) is 17.4 Å². The Morgan fingerprint density at radius 1 is 1.27 bits per heavy atom. The minimum Gasteiger partial charge on any atom is -0.462 e. The van der Waals surface area contributed by atoms with Crippen molar-refractivity contribution in [3.63, 3.8) is 0 Å². The zero-order valence-corrected chi connectivity index (χ0v) is 17.0. The number of halogens is 1. The number of nitrogens with zero attached hydrogens (tertiary/aromatic N) is 1. The largest absolute Gasteiger partial charge is 0.462 e. The molecule has 1 aromatic carbocycles. The summed E-state index contributed by atoms with van der Waals surface area (Å²) >= 11 is 6.12. The van der Waals surface area contributed by atoms with Gasteiger partial charge in [0.25, 0.3) is 11.8 Å². The highest BCUT2D eigenvalue weighted by atomic mass is 35.5. The lowest BCUT2D eigenvalue weighted by atomic mass is 9.96. The molecule has 3 rings (SSSR count). The lowest BCUT2D eigenvalue weighted by Gasteiger charge is -2.15. The Morgan fingerprint density at radius 3 is 2.73 bits per heavy atom. The highest BCUT2D eigenvalue weighted by Crippen LogP contribution is 2.29. The number of imide groups is 1. The van der Waals surface area contributed by atoms with Gasteiger partial charge in [0.1, 0.15) is 23.2 Å². The van der Waals surface area contributed by atoms with Crippen molar-refractivity contribution in [1.29, 1.82) is 5.26 Å². The van der Waals surface area contributed by atoms with Crippen molar-refractivity contribution in [2.75, 3.05) is 6.61 Å². The molecule has 0 unspecified atom stereocenters. The van der Waals surface area contributed by atoms with Crippen LogP contribution in [0.3, 0.4) is 0 Å². The molecule has 2 amide bonds. The Hall–Kier alpha value is -3.63. The van der Waals surface area contributed by atoms with Gasteiger partial charge in [-0.05, 0) is 55.3 Å². The van der Waals surface area contributed by atoms with E-state index in [-0.39, 0.29) is 27.3 Å². The lowest BCUT2D eigenvalue weighted by molar-refractivity contribution is -0.126. The second-order valence-electron chi connectivity index (χ2n) is 6.49. The van der Waals surface area contributed by atoms with E-state index in [1.54, 1.807) is 36.4 Å². The monoisotopic (exact) mass is 424 g/mol. The van der Waals surface area contributed by atoms with E-state index >= 15 is 0 Å². The summed E-state index contributed by atoms with van der Waals surface area (Å²) in [6.07, 6.45) is 2.14. The molecule has 1 N–H and O–H groups in total. The predicted octanol–water partition coefficient (Wildman–Crippen LogP) is 4.05. The number of nitrogens with one attached hydrogen (secondary N) is 1. The van der Waals surface area contributed by atoms with Crippen LogP contribution in [0.1, 0.15) is 36.4 Å². The van der Waals surface area contributed by atoms with Crippen LogP contribution in [0, 0.1) is 11.3 Å². The molecule has 30 heavy (non-hydrogen) atoms. The van der Waals surface area contributed by atoms with Crippen LogP contribution in [0.15, 0.2) is 51.5 Å². The maximum atomic E-state index is 12.2. The van der Waals surface area contributed by atoms with Crippen molar-refractivity contribution in [3.8, 4) is 17.4 Å². The summed E-state index contributed by atoms with van der Waals surface area (Å²) in [5.74, 6) is -1.07. The van der Waals surface area contributed by atoms with Gasteiger partial charge < -0.3 is 9.15 Å². The molecule has 0 bridgehead atoms. The summed E-state index contributed by atoms with van der Waals surface area (Å²) in [6, 6.07) is 9.94. The maximum absolute atomic E-state index is 12.2. The standard InChI is InChI=1S/C22H17ClN2O5/c1-3-8-29-22(28)16-9-13(4-6-18(16)23)19-7-5-14(30-19)10-15-12(2)17(11-24)21(27)25-20(15)26/h4-7,9-10H,3,8H2,1-2H3,(H,25,26,27). The average Bonchev–Trinajstić information content (AvgIpc) is 3.18. The number of nitriles is 1. The molecule has 0 radical (unpaired) electrons. The first-order valence-electron chi connectivity index (χ1n) is 9.11. The number of hydrogen-bond donors (Lipinski definition) is 1. The molecule has 0 saturated heterocycles. The number of esters is 1. The Bertz CT molecular complexity index is 1150. The second kappa shape index (κ2) is 8.80. The van der Waals surface area contributed by atoms with Gasteiger partial charge in [-0.2, -0.15) is 5.26 Å². The van der Waals surface area contributed by atoms with Crippen LogP contribution in [0.4, 0.5) is 0 Å². The Morgan fingerprint density at radius 2 is 2.03 bits per heavy atom. The highest BCUT2D eigenvalue weighted by molar-refractivity contribution is 6.33.